The zero-order chi connectivity index (χ0) is 17.7. The monoisotopic (exact) mass is 366 g/mol. The van der Waals surface area contributed by atoms with E-state index in [4.69, 9.17) is 11.6 Å². The number of hydrogen-bond donors (Lipinski definition) is 2. The Morgan fingerprint density at radius 2 is 1.83 bits per heavy atom. The second-order valence-corrected chi connectivity index (χ2v) is 7.57. The Bertz CT molecular complexity index is 823. The maximum absolute atomic E-state index is 12.5. The number of nitrogens with one attached hydrogen (secondary N) is 2. The molecule has 0 aromatic heterocycles. The minimum absolute atomic E-state index is 0.122. The van der Waals surface area contributed by atoms with Gasteiger partial charge in [0.2, 0.25) is 10.0 Å². The lowest BCUT2D eigenvalue weighted by Crippen LogP contribution is -2.28. The van der Waals surface area contributed by atoms with Gasteiger partial charge in [0.1, 0.15) is 0 Å². The van der Waals surface area contributed by atoms with Crippen molar-refractivity contribution in [3.05, 3.63) is 64.7 Å². The number of carbonyl (C=O) groups excluding carboxylic acids is 1. The predicted molar refractivity (Wildman–Crippen MR) is 96.9 cm³/mol. The number of carbonyl (C=O) groups is 1. The van der Waals surface area contributed by atoms with E-state index < -0.39 is 10.0 Å². The molecular weight excluding hydrogens is 348 g/mol. The standard InChI is InChI=1S/C17H19ClN2O3S/c1-3-16(12-7-5-4-6-8-12)19-17(21)14-10-9-13(11-15(14)18)20-24(2,22)23/h4-11,16,20H,3H2,1-2H3,(H,19,21)/t16-/m1/s1. The SMILES string of the molecule is CC[C@@H](NC(=O)c1ccc(NS(C)(=O)=O)cc1Cl)c1ccccc1. The van der Waals surface area contributed by atoms with Gasteiger partial charge in [-0.15, -0.1) is 0 Å². The fourth-order valence-corrected chi connectivity index (χ4v) is 3.14. The zero-order valence-electron chi connectivity index (χ0n) is 13.4. The summed E-state index contributed by atoms with van der Waals surface area (Å²) >= 11 is 6.13. The summed E-state index contributed by atoms with van der Waals surface area (Å²) in [5.41, 5.74) is 1.62. The highest BCUT2D eigenvalue weighted by molar-refractivity contribution is 7.92. The maximum atomic E-state index is 12.5. The third-order valence-corrected chi connectivity index (χ3v) is 4.35. The van der Waals surface area contributed by atoms with Crippen LogP contribution in [0.15, 0.2) is 48.5 Å². The topological polar surface area (TPSA) is 75.3 Å². The summed E-state index contributed by atoms with van der Waals surface area (Å²) in [5.74, 6) is -0.304. The number of halogens is 1. The first kappa shape index (κ1) is 18.3. The van der Waals surface area contributed by atoms with Gasteiger partial charge in [0, 0.05) is 5.69 Å². The van der Waals surface area contributed by atoms with Gasteiger partial charge in [-0.3, -0.25) is 9.52 Å². The van der Waals surface area contributed by atoms with Crippen molar-refractivity contribution >= 4 is 33.2 Å². The van der Waals surface area contributed by atoms with E-state index in [-0.39, 0.29) is 17.0 Å². The van der Waals surface area contributed by atoms with Crippen LogP contribution in [0.2, 0.25) is 5.02 Å². The van der Waals surface area contributed by atoms with E-state index in [2.05, 4.69) is 10.0 Å². The molecule has 5 nitrogen and oxygen atoms in total. The summed E-state index contributed by atoms with van der Waals surface area (Å²) in [6.45, 7) is 1.98. The van der Waals surface area contributed by atoms with E-state index in [1.54, 1.807) is 0 Å². The average molecular weight is 367 g/mol. The molecule has 0 unspecified atom stereocenters. The Labute approximate surface area is 147 Å². The number of rotatable bonds is 6. The van der Waals surface area contributed by atoms with Gasteiger partial charge < -0.3 is 5.32 Å². The summed E-state index contributed by atoms with van der Waals surface area (Å²) in [6.07, 6.45) is 1.79. The summed E-state index contributed by atoms with van der Waals surface area (Å²) in [4.78, 5) is 12.5. The van der Waals surface area contributed by atoms with Crippen LogP contribution in [-0.4, -0.2) is 20.6 Å². The highest BCUT2D eigenvalue weighted by atomic mass is 35.5. The largest absolute Gasteiger partial charge is 0.345 e. The number of anilines is 1. The number of sulfonamides is 1. The fourth-order valence-electron chi connectivity index (χ4n) is 2.32. The Balaban J connectivity index is 2.17. The van der Waals surface area contributed by atoms with Gasteiger partial charge in [0.05, 0.1) is 22.9 Å². The van der Waals surface area contributed by atoms with Gasteiger partial charge in [-0.05, 0) is 30.2 Å². The van der Waals surface area contributed by atoms with Crippen LogP contribution in [0.5, 0.6) is 0 Å². The zero-order valence-corrected chi connectivity index (χ0v) is 15.0. The molecule has 1 atom stereocenters. The molecule has 7 heteroatoms. The van der Waals surface area contributed by atoms with Crippen molar-refractivity contribution in [2.75, 3.05) is 11.0 Å². The first-order valence-corrected chi connectivity index (χ1v) is 9.70. The Morgan fingerprint density at radius 1 is 1.17 bits per heavy atom. The summed E-state index contributed by atoms with van der Waals surface area (Å²) in [6, 6.07) is 14.0. The normalized spacial score (nSPS) is 12.5. The highest BCUT2D eigenvalue weighted by Crippen LogP contribution is 2.23. The Hall–Kier alpha value is -2.05. The summed E-state index contributed by atoms with van der Waals surface area (Å²) in [7, 11) is -3.40. The van der Waals surface area contributed by atoms with Crippen LogP contribution in [0.1, 0.15) is 35.3 Å². The van der Waals surface area contributed by atoms with E-state index in [0.717, 1.165) is 18.2 Å². The van der Waals surface area contributed by atoms with E-state index in [1.807, 2.05) is 37.3 Å². The van der Waals surface area contributed by atoms with Crippen molar-refractivity contribution in [1.82, 2.24) is 5.32 Å². The third-order valence-electron chi connectivity index (χ3n) is 3.43. The van der Waals surface area contributed by atoms with Crippen molar-refractivity contribution in [3.8, 4) is 0 Å². The van der Waals surface area contributed by atoms with Gasteiger partial charge in [-0.25, -0.2) is 8.42 Å². The number of benzene rings is 2. The molecular formula is C17H19ClN2O3S. The van der Waals surface area contributed by atoms with E-state index in [0.29, 0.717) is 11.3 Å². The third kappa shape index (κ3) is 4.97. The van der Waals surface area contributed by atoms with Crippen molar-refractivity contribution in [2.45, 2.75) is 19.4 Å². The molecule has 24 heavy (non-hydrogen) atoms. The molecule has 2 rings (SSSR count). The maximum Gasteiger partial charge on any atom is 0.253 e. The lowest BCUT2D eigenvalue weighted by atomic mass is 10.0. The Kier molecular flexibility index (Phi) is 5.85. The predicted octanol–water partition coefficient (Wildman–Crippen LogP) is 3.59. The van der Waals surface area contributed by atoms with Crippen LogP contribution < -0.4 is 10.0 Å². The molecule has 0 fully saturated rings. The highest BCUT2D eigenvalue weighted by Gasteiger charge is 2.17. The number of amides is 1. The molecule has 0 heterocycles. The van der Waals surface area contributed by atoms with Gasteiger partial charge >= 0.3 is 0 Å². The smallest absolute Gasteiger partial charge is 0.253 e. The summed E-state index contributed by atoms with van der Waals surface area (Å²) in [5, 5.41) is 3.13. The second-order valence-electron chi connectivity index (χ2n) is 5.41. The molecule has 0 aliphatic rings. The van der Waals surface area contributed by atoms with Gasteiger partial charge in [-0.1, -0.05) is 48.9 Å². The van der Waals surface area contributed by atoms with E-state index >= 15 is 0 Å². The van der Waals surface area contributed by atoms with Crippen LogP contribution in [0, 0.1) is 0 Å². The lowest BCUT2D eigenvalue weighted by Gasteiger charge is -2.18. The molecule has 2 aromatic rings. The quantitative estimate of drug-likeness (QED) is 0.820. The van der Waals surface area contributed by atoms with Crippen LogP contribution in [-0.2, 0) is 10.0 Å². The van der Waals surface area contributed by atoms with Crippen LogP contribution >= 0.6 is 11.6 Å². The minimum atomic E-state index is -3.40. The van der Waals surface area contributed by atoms with Crippen molar-refractivity contribution in [3.63, 3.8) is 0 Å². The molecule has 128 valence electrons. The van der Waals surface area contributed by atoms with E-state index in [1.165, 1.54) is 18.2 Å². The van der Waals surface area contributed by atoms with Crippen molar-refractivity contribution in [2.24, 2.45) is 0 Å². The molecule has 0 aliphatic heterocycles. The average Bonchev–Trinajstić information content (AvgIpc) is 2.51. The van der Waals surface area contributed by atoms with Crippen molar-refractivity contribution in [1.29, 1.82) is 0 Å². The molecule has 2 N–H and O–H groups in total. The minimum Gasteiger partial charge on any atom is -0.345 e. The lowest BCUT2D eigenvalue weighted by molar-refractivity contribution is 0.0935. The first-order chi connectivity index (χ1) is 11.3. The van der Waals surface area contributed by atoms with Crippen LogP contribution in [0.25, 0.3) is 0 Å². The molecule has 0 spiro atoms. The molecule has 0 bridgehead atoms. The first-order valence-electron chi connectivity index (χ1n) is 7.43. The van der Waals surface area contributed by atoms with Crippen LogP contribution in [0.3, 0.4) is 0 Å². The van der Waals surface area contributed by atoms with E-state index in [9.17, 15) is 13.2 Å². The molecule has 1 amide bonds. The van der Waals surface area contributed by atoms with Gasteiger partial charge in [0.15, 0.2) is 0 Å². The summed E-state index contributed by atoms with van der Waals surface area (Å²) < 4.78 is 24.8. The van der Waals surface area contributed by atoms with Crippen LogP contribution in [0.4, 0.5) is 5.69 Å². The second kappa shape index (κ2) is 7.68. The van der Waals surface area contributed by atoms with Gasteiger partial charge in [0.25, 0.3) is 5.91 Å². The molecule has 0 aliphatic carbocycles. The number of hydrogen-bond acceptors (Lipinski definition) is 3. The molecule has 0 radical (unpaired) electrons. The molecule has 0 saturated carbocycles. The Morgan fingerprint density at radius 3 is 2.38 bits per heavy atom. The van der Waals surface area contributed by atoms with Crippen molar-refractivity contribution < 1.29 is 13.2 Å². The van der Waals surface area contributed by atoms with Gasteiger partial charge in [-0.2, -0.15) is 0 Å². The molecule has 2 aromatic carbocycles. The fraction of sp³-hybridized carbons (Fsp3) is 0.235. The molecule has 0 saturated heterocycles.